The van der Waals surface area contributed by atoms with Gasteiger partial charge in [-0.15, -0.1) is 0 Å². The number of fused-ring (bicyclic) bond motifs is 1. The number of carbonyl (C=O) groups is 2. The average molecular weight is 413 g/mol. The monoisotopic (exact) mass is 413 g/mol. The van der Waals surface area contributed by atoms with Crippen molar-refractivity contribution in [3.8, 4) is 11.1 Å². The summed E-state index contributed by atoms with van der Waals surface area (Å²) in [6, 6.07) is 21.0. The Labute approximate surface area is 179 Å². The van der Waals surface area contributed by atoms with E-state index in [1.54, 1.807) is 17.6 Å². The fourth-order valence-electron chi connectivity index (χ4n) is 3.58. The van der Waals surface area contributed by atoms with E-state index in [-0.39, 0.29) is 12.3 Å². The van der Waals surface area contributed by atoms with Crippen molar-refractivity contribution in [2.24, 2.45) is 0 Å². The molecule has 0 aliphatic heterocycles. The second kappa shape index (κ2) is 8.85. The molecule has 0 aliphatic carbocycles. The van der Waals surface area contributed by atoms with Gasteiger partial charge >= 0.3 is 0 Å². The molecular formula is C25H23N3O3. The third-order valence-electron chi connectivity index (χ3n) is 5.35. The van der Waals surface area contributed by atoms with E-state index in [9.17, 15) is 9.59 Å². The van der Waals surface area contributed by atoms with Crippen LogP contribution in [0.5, 0.6) is 0 Å². The van der Waals surface area contributed by atoms with Gasteiger partial charge < -0.3 is 10.3 Å². The van der Waals surface area contributed by atoms with Crippen molar-refractivity contribution in [3.63, 3.8) is 0 Å². The Balaban J connectivity index is 1.51. The molecule has 0 unspecified atom stereocenters. The van der Waals surface area contributed by atoms with E-state index in [2.05, 4.69) is 53.6 Å². The van der Waals surface area contributed by atoms with Gasteiger partial charge in [0.2, 0.25) is 5.91 Å². The van der Waals surface area contributed by atoms with Crippen LogP contribution in [0.2, 0.25) is 0 Å². The highest BCUT2D eigenvalue weighted by atomic mass is 16.5. The van der Waals surface area contributed by atoms with Crippen LogP contribution < -0.4 is 10.8 Å². The maximum absolute atomic E-state index is 12.6. The van der Waals surface area contributed by atoms with Gasteiger partial charge in [0, 0.05) is 28.4 Å². The molecule has 156 valence electrons. The van der Waals surface area contributed by atoms with Crippen LogP contribution in [0.25, 0.3) is 22.0 Å². The number of carbonyl (C=O) groups excluding carboxylic acids is 2. The van der Waals surface area contributed by atoms with Gasteiger partial charge in [-0.05, 0) is 65.1 Å². The largest absolute Gasteiger partial charge is 0.361 e. The lowest BCUT2D eigenvalue weighted by Crippen LogP contribution is -2.18. The van der Waals surface area contributed by atoms with Crippen molar-refractivity contribution in [3.05, 3.63) is 89.6 Å². The topological polar surface area (TPSA) is 94.2 Å². The summed E-state index contributed by atoms with van der Waals surface area (Å²) in [7, 11) is 0. The molecule has 0 saturated heterocycles. The first-order chi connectivity index (χ1) is 15.1. The number of aryl methyl sites for hydroxylation is 1. The smallest absolute Gasteiger partial charge is 0.274 e. The molecule has 31 heavy (non-hydrogen) atoms. The van der Waals surface area contributed by atoms with Crippen LogP contribution in [0, 0.1) is 0 Å². The van der Waals surface area contributed by atoms with Crippen molar-refractivity contribution in [2.45, 2.75) is 19.8 Å². The molecule has 0 radical (unpaired) electrons. The quantitative estimate of drug-likeness (QED) is 0.273. The van der Waals surface area contributed by atoms with Crippen molar-refractivity contribution in [1.29, 1.82) is 0 Å². The Hall–Kier alpha value is -3.90. The molecule has 1 heterocycles. The second-order valence-electron chi connectivity index (χ2n) is 7.37. The minimum absolute atomic E-state index is 0.155. The standard InChI is InChI=1S/C25H23N3O3/c1-2-16-3-5-17(6-4-16)19-9-12-23-22(13-19)20(15-26-23)14-24(29)27-21-10-7-18(8-11-21)25(30)28-31/h3-13,15,26,31H,2,14H2,1H3,(H,27,29)(H,28,30). The molecule has 0 fully saturated rings. The van der Waals surface area contributed by atoms with Crippen LogP contribution in [-0.4, -0.2) is 22.0 Å². The zero-order valence-electron chi connectivity index (χ0n) is 17.1. The zero-order valence-corrected chi connectivity index (χ0v) is 17.1. The lowest BCUT2D eigenvalue weighted by atomic mass is 10.00. The van der Waals surface area contributed by atoms with Gasteiger partial charge in [-0.1, -0.05) is 37.3 Å². The van der Waals surface area contributed by atoms with Gasteiger partial charge in [0.05, 0.1) is 6.42 Å². The number of anilines is 1. The normalized spacial score (nSPS) is 10.8. The summed E-state index contributed by atoms with van der Waals surface area (Å²) >= 11 is 0. The lowest BCUT2D eigenvalue weighted by Gasteiger charge is -2.07. The summed E-state index contributed by atoms with van der Waals surface area (Å²) in [5.74, 6) is -0.755. The van der Waals surface area contributed by atoms with Crippen LogP contribution >= 0.6 is 0 Å². The first kappa shape index (κ1) is 20.4. The van der Waals surface area contributed by atoms with Crippen LogP contribution in [0.4, 0.5) is 5.69 Å². The highest BCUT2D eigenvalue weighted by Gasteiger charge is 2.11. The third-order valence-corrected chi connectivity index (χ3v) is 5.35. The highest BCUT2D eigenvalue weighted by molar-refractivity contribution is 5.98. The molecule has 1 aromatic heterocycles. The fraction of sp³-hybridized carbons (Fsp3) is 0.120. The zero-order chi connectivity index (χ0) is 21.8. The van der Waals surface area contributed by atoms with E-state index in [1.165, 1.54) is 17.7 Å². The van der Waals surface area contributed by atoms with E-state index >= 15 is 0 Å². The second-order valence-corrected chi connectivity index (χ2v) is 7.37. The van der Waals surface area contributed by atoms with Gasteiger partial charge in [0.1, 0.15) is 0 Å². The molecule has 4 aromatic rings. The number of hydroxylamine groups is 1. The summed E-state index contributed by atoms with van der Waals surface area (Å²) < 4.78 is 0. The first-order valence-electron chi connectivity index (χ1n) is 10.1. The van der Waals surface area contributed by atoms with E-state index in [0.717, 1.165) is 34.0 Å². The number of nitrogens with one attached hydrogen (secondary N) is 3. The fourth-order valence-corrected chi connectivity index (χ4v) is 3.58. The summed E-state index contributed by atoms with van der Waals surface area (Å²) in [6.07, 6.45) is 3.09. The molecule has 0 spiro atoms. The van der Waals surface area contributed by atoms with Gasteiger partial charge in [0.15, 0.2) is 0 Å². The maximum atomic E-state index is 12.6. The maximum Gasteiger partial charge on any atom is 0.274 e. The molecule has 2 amide bonds. The van der Waals surface area contributed by atoms with Gasteiger partial charge in [-0.3, -0.25) is 14.8 Å². The van der Waals surface area contributed by atoms with Crippen molar-refractivity contribution in [1.82, 2.24) is 10.5 Å². The highest BCUT2D eigenvalue weighted by Crippen LogP contribution is 2.27. The van der Waals surface area contributed by atoms with Gasteiger partial charge in [-0.2, -0.15) is 0 Å². The number of hydrogen-bond donors (Lipinski definition) is 4. The summed E-state index contributed by atoms with van der Waals surface area (Å²) in [4.78, 5) is 27.2. The van der Waals surface area contributed by atoms with Crippen LogP contribution in [0.1, 0.15) is 28.4 Å². The number of amides is 2. The Morgan fingerprint density at radius 1 is 0.935 bits per heavy atom. The third kappa shape index (κ3) is 4.49. The predicted octanol–water partition coefficient (Wildman–Crippen LogP) is 4.70. The van der Waals surface area contributed by atoms with Crippen molar-refractivity contribution >= 4 is 28.4 Å². The Bertz CT molecular complexity index is 1230. The molecule has 0 saturated carbocycles. The van der Waals surface area contributed by atoms with E-state index in [0.29, 0.717) is 11.3 Å². The minimum atomic E-state index is -0.600. The lowest BCUT2D eigenvalue weighted by molar-refractivity contribution is -0.115. The number of benzene rings is 3. The van der Waals surface area contributed by atoms with Crippen molar-refractivity contribution in [2.75, 3.05) is 5.32 Å². The minimum Gasteiger partial charge on any atom is -0.361 e. The number of H-pyrrole nitrogens is 1. The number of aromatic nitrogens is 1. The molecule has 4 N–H and O–H groups in total. The molecular weight excluding hydrogens is 390 g/mol. The van der Waals surface area contributed by atoms with Gasteiger partial charge in [-0.25, -0.2) is 5.48 Å². The molecule has 0 atom stereocenters. The first-order valence-corrected chi connectivity index (χ1v) is 10.1. The number of aromatic amines is 1. The Kier molecular flexibility index (Phi) is 5.82. The average Bonchev–Trinajstić information content (AvgIpc) is 3.21. The van der Waals surface area contributed by atoms with Crippen LogP contribution in [-0.2, 0) is 17.6 Å². The van der Waals surface area contributed by atoms with Crippen molar-refractivity contribution < 1.29 is 14.8 Å². The summed E-state index contributed by atoms with van der Waals surface area (Å²) in [5.41, 5.74) is 7.90. The van der Waals surface area contributed by atoms with Gasteiger partial charge in [0.25, 0.3) is 5.91 Å². The Morgan fingerprint density at radius 3 is 2.32 bits per heavy atom. The molecule has 6 heteroatoms. The van der Waals surface area contributed by atoms with Crippen LogP contribution in [0.15, 0.2) is 72.9 Å². The molecule has 0 bridgehead atoms. The van der Waals surface area contributed by atoms with E-state index < -0.39 is 5.91 Å². The summed E-state index contributed by atoms with van der Waals surface area (Å²) in [5, 5.41) is 12.5. The predicted molar refractivity (Wildman–Crippen MR) is 121 cm³/mol. The SMILES string of the molecule is CCc1ccc(-c2ccc3[nH]cc(CC(=O)Nc4ccc(C(=O)NO)cc4)c3c2)cc1. The van der Waals surface area contributed by atoms with E-state index in [4.69, 9.17) is 5.21 Å². The molecule has 0 aliphatic rings. The molecule has 3 aromatic carbocycles. The number of hydrogen-bond acceptors (Lipinski definition) is 3. The Morgan fingerprint density at radius 2 is 1.65 bits per heavy atom. The van der Waals surface area contributed by atoms with E-state index in [1.807, 2.05) is 12.3 Å². The molecule has 4 rings (SSSR count). The van der Waals surface area contributed by atoms with Crippen LogP contribution in [0.3, 0.4) is 0 Å². The number of rotatable bonds is 6. The molecule has 6 nitrogen and oxygen atoms in total. The summed E-state index contributed by atoms with van der Waals surface area (Å²) in [6.45, 7) is 2.14.